The zero-order chi connectivity index (χ0) is 26.4. The molecule has 0 N–H and O–H groups in total. The van der Waals surface area contributed by atoms with Crippen molar-refractivity contribution in [2.75, 3.05) is 24.7 Å². The highest BCUT2D eigenvalue weighted by Gasteiger charge is 2.33. The average molecular weight is 523 g/mol. The van der Waals surface area contributed by atoms with Crippen LogP contribution in [0.1, 0.15) is 52.0 Å². The third kappa shape index (κ3) is 6.14. The van der Waals surface area contributed by atoms with E-state index in [0.29, 0.717) is 37.1 Å². The lowest BCUT2D eigenvalue weighted by Crippen LogP contribution is -2.46. The van der Waals surface area contributed by atoms with Gasteiger partial charge in [0.15, 0.2) is 0 Å². The van der Waals surface area contributed by atoms with E-state index >= 15 is 0 Å². The Labute approximate surface area is 217 Å². The number of hydrogen-bond donors (Lipinski definition) is 0. The summed E-state index contributed by atoms with van der Waals surface area (Å²) >= 11 is 0. The highest BCUT2D eigenvalue weighted by Crippen LogP contribution is 2.42. The van der Waals surface area contributed by atoms with Gasteiger partial charge in [-0.1, -0.05) is 19.4 Å². The number of anilines is 1. The smallest absolute Gasteiger partial charge is 0.344 e. The second kappa shape index (κ2) is 11.8. The molecule has 3 aromatic rings. The monoisotopic (exact) mass is 522 g/mol. The lowest BCUT2D eigenvalue weighted by Gasteiger charge is -2.43. The molecule has 4 rings (SSSR count). The molecule has 1 aromatic carbocycles. The fourth-order valence-electron chi connectivity index (χ4n) is 4.67. The van der Waals surface area contributed by atoms with E-state index < -0.39 is 19.9 Å². The molecule has 0 aliphatic carbocycles. The summed E-state index contributed by atoms with van der Waals surface area (Å²) in [5.74, 6) is -0.198. The van der Waals surface area contributed by atoms with Crippen molar-refractivity contribution >= 4 is 36.9 Å². The number of pyridine rings is 1. The minimum atomic E-state index is -0.431. The van der Waals surface area contributed by atoms with Gasteiger partial charge in [0.05, 0.1) is 24.3 Å². The highest BCUT2D eigenvalue weighted by molar-refractivity contribution is 7.17. The number of carbonyl (C=O) groups is 1. The summed E-state index contributed by atoms with van der Waals surface area (Å²) in [4.78, 5) is 31.2. The predicted octanol–water partition coefficient (Wildman–Crippen LogP) is 6.18. The largest absolute Gasteiger partial charge is 0.466 e. The molecule has 0 saturated heterocycles. The van der Waals surface area contributed by atoms with Gasteiger partial charge in [-0.3, -0.25) is 14.3 Å². The predicted molar refractivity (Wildman–Crippen MR) is 144 cm³/mol. The molecule has 1 aliphatic heterocycles. The number of aromatic nitrogens is 1. The molecule has 0 unspecified atom stereocenters. The van der Waals surface area contributed by atoms with E-state index in [-0.39, 0.29) is 12.6 Å². The minimum Gasteiger partial charge on any atom is -0.466 e. The quantitative estimate of drug-likeness (QED) is 0.127. The zero-order valence-corrected chi connectivity index (χ0v) is 22.3. The van der Waals surface area contributed by atoms with Crippen LogP contribution in [0.3, 0.4) is 0 Å². The summed E-state index contributed by atoms with van der Waals surface area (Å²) in [6, 6.07) is 9.18. The van der Waals surface area contributed by atoms with Gasteiger partial charge in [-0.2, -0.15) is 0 Å². The number of fused-ring (bicyclic) bond motifs is 2. The molecule has 0 amide bonds. The van der Waals surface area contributed by atoms with Crippen molar-refractivity contribution in [1.82, 2.24) is 4.98 Å². The van der Waals surface area contributed by atoms with Crippen molar-refractivity contribution in [3.63, 3.8) is 0 Å². The molecule has 0 fully saturated rings. The topological polar surface area (TPSA) is 98.9 Å². The van der Waals surface area contributed by atoms with Crippen molar-refractivity contribution in [3.8, 4) is 11.1 Å². The maximum absolute atomic E-state index is 12.9. The first-order valence-electron chi connectivity index (χ1n) is 12.5. The average Bonchev–Trinajstić information content (AvgIpc) is 2.88. The van der Waals surface area contributed by atoms with E-state index in [0.717, 1.165) is 40.6 Å². The first kappa shape index (κ1) is 26.7. The molecule has 0 spiro atoms. The summed E-state index contributed by atoms with van der Waals surface area (Å²) in [7, 11) is -0.396. The van der Waals surface area contributed by atoms with Crippen LogP contribution in [0, 0.1) is 0 Å². The molecule has 37 heavy (non-hydrogen) atoms. The van der Waals surface area contributed by atoms with E-state index in [9.17, 15) is 14.2 Å². The molecule has 3 heterocycles. The number of unbranched alkanes of at least 4 members (excludes halogenated alkanes) is 1. The van der Waals surface area contributed by atoms with Crippen molar-refractivity contribution in [2.45, 2.75) is 52.0 Å². The van der Waals surface area contributed by atoms with Crippen LogP contribution in [-0.2, 0) is 18.6 Å². The molecule has 8 nitrogen and oxygen atoms in total. The van der Waals surface area contributed by atoms with Crippen LogP contribution < -0.4 is 10.5 Å². The normalized spacial score (nSPS) is 14.5. The lowest BCUT2D eigenvalue weighted by molar-refractivity contribution is -0.143. The van der Waals surface area contributed by atoms with Gasteiger partial charge < -0.3 is 14.1 Å². The van der Waals surface area contributed by atoms with E-state index in [1.54, 1.807) is 24.5 Å². The summed E-state index contributed by atoms with van der Waals surface area (Å²) < 4.78 is 27.4. The molecule has 0 bridgehead atoms. The van der Waals surface area contributed by atoms with Crippen molar-refractivity contribution in [1.29, 1.82) is 0 Å². The number of carbonyl (C=O) groups excluding carboxylic acids is 1. The standard InChI is InChI=1S/C28H31N2O6P/c1-4-5-13-34-26(31)7-6-12-30-24-16-25-20(14-22(24)21(18-35-37-33)17-28(30,2)3)15-23(27(32)36-25)19-8-10-29-11-9-19/h8-11,14-17H,4-7,12-13,18H2,1-3H3. The number of esters is 1. The molecular weight excluding hydrogens is 491 g/mol. The van der Waals surface area contributed by atoms with Crippen molar-refractivity contribution in [3.05, 3.63) is 64.8 Å². The molecule has 9 heteroatoms. The van der Waals surface area contributed by atoms with Gasteiger partial charge >= 0.3 is 20.3 Å². The zero-order valence-electron chi connectivity index (χ0n) is 21.4. The Bertz CT molecular complexity index is 1370. The first-order chi connectivity index (χ1) is 17.8. The Hall–Kier alpha value is -3.35. The molecule has 0 radical (unpaired) electrons. The van der Waals surface area contributed by atoms with Gasteiger partial charge in [-0.15, -0.1) is 0 Å². The van der Waals surface area contributed by atoms with E-state index in [4.69, 9.17) is 13.7 Å². The van der Waals surface area contributed by atoms with Gasteiger partial charge in [-0.25, -0.2) is 9.36 Å². The Morgan fingerprint density at radius 1 is 1.14 bits per heavy atom. The fourth-order valence-corrected chi connectivity index (χ4v) is 4.86. The number of rotatable bonds is 11. The number of hydrogen-bond acceptors (Lipinski definition) is 8. The SMILES string of the molecule is CCCCOC(=O)CCCN1c2cc3oc(=O)c(-c4ccncc4)cc3cc2C(COP=O)=CC1(C)C. The summed E-state index contributed by atoms with van der Waals surface area (Å²) in [5.41, 5.74) is 3.42. The van der Waals surface area contributed by atoms with Crippen molar-refractivity contribution < 1.29 is 23.0 Å². The Morgan fingerprint density at radius 2 is 1.89 bits per heavy atom. The van der Waals surface area contributed by atoms with Crippen LogP contribution in [-0.4, -0.2) is 36.3 Å². The van der Waals surface area contributed by atoms with Gasteiger partial charge in [0.2, 0.25) is 0 Å². The van der Waals surface area contributed by atoms with Gasteiger partial charge in [0, 0.05) is 48.1 Å². The van der Waals surface area contributed by atoms with Crippen molar-refractivity contribution in [2.24, 2.45) is 0 Å². The molecule has 0 saturated carbocycles. The summed E-state index contributed by atoms with van der Waals surface area (Å²) in [6.07, 6.45) is 8.11. The fraction of sp³-hybridized carbons (Fsp3) is 0.393. The van der Waals surface area contributed by atoms with Crippen LogP contribution in [0.15, 0.2) is 58.0 Å². The third-order valence-electron chi connectivity index (χ3n) is 6.50. The van der Waals surface area contributed by atoms with Crippen LogP contribution in [0.25, 0.3) is 27.7 Å². The van der Waals surface area contributed by atoms with E-state index in [2.05, 4.69) is 36.7 Å². The second-order valence-electron chi connectivity index (χ2n) is 9.59. The molecule has 194 valence electrons. The first-order valence-corrected chi connectivity index (χ1v) is 13.2. The van der Waals surface area contributed by atoms with Gasteiger partial charge in [0.1, 0.15) is 5.58 Å². The van der Waals surface area contributed by atoms with E-state index in [1.165, 1.54) is 0 Å². The van der Waals surface area contributed by atoms with Crippen LogP contribution >= 0.6 is 8.69 Å². The highest BCUT2D eigenvalue weighted by atomic mass is 31.1. The molecular formula is C28H31N2O6P. The lowest BCUT2D eigenvalue weighted by atomic mass is 9.87. The second-order valence-corrected chi connectivity index (χ2v) is 10.00. The van der Waals surface area contributed by atoms with Gasteiger partial charge in [-0.05, 0) is 62.1 Å². The number of nitrogens with zero attached hydrogens (tertiary/aromatic N) is 2. The summed E-state index contributed by atoms with van der Waals surface area (Å²) in [5, 5.41) is 0.759. The molecule has 1 aliphatic rings. The Balaban J connectivity index is 1.70. The maximum atomic E-state index is 12.9. The number of benzene rings is 1. The maximum Gasteiger partial charge on any atom is 0.344 e. The third-order valence-corrected chi connectivity index (χ3v) is 6.73. The van der Waals surface area contributed by atoms with Crippen LogP contribution in [0.2, 0.25) is 0 Å². The molecule has 0 atom stereocenters. The van der Waals surface area contributed by atoms with Crippen LogP contribution in [0.4, 0.5) is 5.69 Å². The number of ether oxygens (including phenoxy) is 1. The molecule has 2 aromatic heterocycles. The minimum absolute atomic E-state index is 0.165. The van der Waals surface area contributed by atoms with Gasteiger partial charge in [0.25, 0.3) is 0 Å². The Morgan fingerprint density at radius 3 is 2.62 bits per heavy atom. The summed E-state index contributed by atoms with van der Waals surface area (Å²) in [6.45, 7) is 7.40. The Kier molecular flexibility index (Phi) is 8.52. The van der Waals surface area contributed by atoms with Crippen LogP contribution in [0.5, 0.6) is 0 Å². The van der Waals surface area contributed by atoms with E-state index in [1.807, 2.05) is 18.2 Å².